The van der Waals surface area contributed by atoms with E-state index in [9.17, 15) is 4.39 Å². The van der Waals surface area contributed by atoms with Crippen molar-refractivity contribution in [2.75, 3.05) is 19.0 Å². The summed E-state index contributed by atoms with van der Waals surface area (Å²) in [6, 6.07) is 4.92. The maximum Gasteiger partial charge on any atom is 0.146 e. The molecule has 0 saturated carbocycles. The predicted molar refractivity (Wildman–Crippen MR) is 81.0 cm³/mol. The summed E-state index contributed by atoms with van der Waals surface area (Å²) >= 11 is 18.5. The Bertz CT molecular complexity index is 552. The fourth-order valence-corrected chi connectivity index (χ4v) is 3.46. The summed E-state index contributed by atoms with van der Waals surface area (Å²) in [7, 11) is 3.57. The van der Waals surface area contributed by atoms with Crippen LogP contribution < -0.4 is 4.90 Å². The number of allylic oxidation sites excluding steroid dienone is 4. The Morgan fingerprint density at radius 3 is 2.47 bits per heavy atom. The zero-order valence-corrected chi connectivity index (χ0v) is 12.8. The number of halogens is 4. The van der Waals surface area contributed by atoms with Crippen LogP contribution in [-0.4, -0.2) is 19.5 Å². The molecular formula is C14H13Cl3FN. The van der Waals surface area contributed by atoms with Crippen LogP contribution in [0.5, 0.6) is 0 Å². The Morgan fingerprint density at radius 1 is 1.21 bits per heavy atom. The molecule has 0 radical (unpaired) electrons. The van der Waals surface area contributed by atoms with Crippen molar-refractivity contribution in [3.05, 3.63) is 51.8 Å². The highest BCUT2D eigenvalue weighted by Crippen LogP contribution is 2.43. The van der Waals surface area contributed by atoms with Gasteiger partial charge in [-0.05, 0) is 23.8 Å². The van der Waals surface area contributed by atoms with E-state index < -0.39 is 5.38 Å². The van der Waals surface area contributed by atoms with Crippen LogP contribution >= 0.6 is 34.8 Å². The van der Waals surface area contributed by atoms with E-state index in [0.717, 1.165) is 5.56 Å². The molecule has 1 aliphatic rings. The number of anilines is 1. The van der Waals surface area contributed by atoms with Gasteiger partial charge in [0.15, 0.2) is 0 Å². The summed E-state index contributed by atoms with van der Waals surface area (Å²) in [5.41, 5.74) is 1.25. The lowest BCUT2D eigenvalue weighted by molar-refractivity contribution is 0.621. The zero-order valence-electron chi connectivity index (χ0n) is 10.5. The highest BCUT2D eigenvalue weighted by molar-refractivity contribution is 6.37. The van der Waals surface area contributed by atoms with Gasteiger partial charge in [-0.25, -0.2) is 4.39 Å². The lowest BCUT2D eigenvalue weighted by Crippen LogP contribution is -2.20. The van der Waals surface area contributed by atoms with E-state index in [2.05, 4.69) is 0 Å². The first-order chi connectivity index (χ1) is 8.91. The normalized spacial score (nSPS) is 22.8. The van der Waals surface area contributed by atoms with Crippen LogP contribution in [0.15, 0.2) is 40.4 Å². The van der Waals surface area contributed by atoms with Gasteiger partial charge in [-0.3, -0.25) is 0 Å². The van der Waals surface area contributed by atoms with Crippen molar-refractivity contribution in [2.24, 2.45) is 0 Å². The number of benzene rings is 1. The molecular weight excluding hydrogens is 308 g/mol. The third-order valence-corrected chi connectivity index (χ3v) is 3.97. The molecule has 5 heteroatoms. The van der Waals surface area contributed by atoms with E-state index in [1.54, 1.807) is 37.2 Å². The Hall–Kier alpha value is -0.700. The Labute approximate surface area is 127 Å². The van der Waals surface area contributed by atoms with Crippen LogP contribution in [-0.2, 0) is 0 Å². The van der Waals surface area contributed by atoms with Gasteiger partial charge >= 0.3 is 0 Å². The molecule has 0 bridgehead atoms. The third-order valence-electron chi connectivity index (χ3n) is 3.01. The molecule has 0 aromatic heterocycles. The van der Waals surface area contributed by atoms with Crippen LogP contribution in [0.2, 0.25) is 0 Å². The van der Waals surface area contributed by atoms with Gasteiger partial charge in [-0.15, -0.1) is 11.6 Å². The van der Waals surface area contributed by atoms with E-state index >= 15 is 0 Å². The first-order valence-electron chi connectivity index (χ1n) is 5.76. The second-order valence-electron chi connectivity index (χ2n) is 4.57. The van der Waals surface area contributed by atoms with Gasteiger partial charge in [-0.2, -0.15) is 0 Å². The van der Waals surface area contributed by atoms with Crippen molar-refractivity contribution in [1.29, 1.82) is 0 Å². The minimum absolute atomic E-state index is 0.293. The molecule has 1 aromatic carbocycles. The molecule has 0 N–H and O–H groups in total. The van der Waals surface area contributed by atoms with Gasteiger partial charge in [0.1, 0.15) is 5.82 Å². The summed E-state index contributed by atoms with van der Waals surface area (Å²) in [6.07, 6.45) is 3.36. The Kier molecular flexibility index (Phi) is 4.44. The quantitative estimate of drug-likeness (QED) is 0.705. The van der Waals surface area contributed by atoms with Crippen LogP contribution in [0.3, 0.4) is 0 Å². The van der Waals surface area contributed by atoms with Crippen LogP contribution in [0.1, 0.15) is 11.5 Å². The second-order valence-corrected chi connectivity index (χ2v) is 5.95. The Balaban J connectivity index is 2.54. The summed E-state index contributed by atoms with van der Waals surface area (Å²) in [5.74, 6) is -0.588. The summed E-state index contributed by atoms with van der Waals surface area (Å²) in [5, 5.41) is 0.621. The van der Waals surface area contributed by atoms with E-state index in [4.69, 9.17) is 34.8 Å². The summed E-state index contributed by atoms with van der Waals surface area (Å²) < 4.78 is 14.0. The molecule has 0 saturated heterocycles. The molecule has 0 aliphatic heterocycles. The SMILES string of the molecule is CN(C)c1c(F)cccc1C1C(Cl)=CC(Cl)=CC1Cl. The van der Waals surface area contributed by atoms with Gasteiger partial charge in [0.05, 0.1) is 11.1 Å². The number of para-hydroxylation sites is 1. The minimum Gasteiger partial charge on any atom is -0.375 e. The lowest BCUT2D eigenvalue weighted by Gasteiger charge is -2.28. The third kappa shape index (κ3) is 2.91. The summed E-state index contributed by atoms with van der Waals surface area (Å²) in [4.78, 5) is 1.72. The highest BCUT2D eigenvalue weighted by Gasteiger charge is 2.29. The van der Waals surface area contributed by atoms with E-state index in [-0.39, 0.29) is 11.7 Å². The van der Waals surface area contributed by atoms with Crippen molar-refractivity contribution in [2.45, 2.75) is 11.3 Å². The van der Waals surface area contributed by atoms with Gasteiger partial charge < -0.3 is 4.90 Å². The Morgan fingerprint density at radius 2 is 1.89 bits per heavy atom. The number of nitrogens with zero attached hydrogens (tertiary/aromatic N) is 1. The fraction of sp³-hybridized carbons (Fsp3) is 0.286. The number of rotatable bonds is 2. The molecule has 0 heterocycles. The van der Waals surface area contributed by atoms with Crippen molar-refractivity contribution in [1.82, 2.24) is 0 Å². The zero-order chi connectivity index (χ0) is 14.2. The topological polar surface area (TPSA) is 3.24 Å². The lowest BCUT2D eigenvalue weighted by atomic mass is 9.90. The maximum absolute atomic E-state index is 14.0. The minimum atomic E-state index is -0.398. The van der Waals surface area contributed by atoms with Gasteiger partial charge in [-0.1, -0.05) is 35.3 Å². The number of hydrogen-bond acceptors (Lipinski definition) is 1. The van der Waals surface area contributed by atoms with Crippen molar-refractivity contribution in [3.63, 3.8) is 0 Å². The first kappa shape index (κ1) is 14.7. The van der Waals surface area contributed by atoms with E-state index in [1.165, 1.54) is 6.07 Å². The number of hydrogen-bond donors (Lipinski definition) is 0. The molecule has 2 rings (SSSR count). The molecule has 102 valence electrons. The van der Waals surface area contributed by atoms with Crippen molar-refractivity contribution in [3.8, 4) is 0 Å². The smallest absolute Gasteiger partial charge is 0.146 e. The van der Waals surface area contributed by atoms with E-state index in [0.29, 0.717) is 15.8 Å². The van der Waals surface area contributed by atoms with Crippen molar-refractivity contribution < 1.29 is 4.39 Å². The van der Waals surface area contributed by atoms with Crippen LogP contribution in [0.25, 0.3) is 0 Å². The maximum atomic E-state index is 14.0. The molecule has 19 heavy (non-hydrogen) atoms. The van der Waals surface area contributed by atoms with E-state index in [1.807, 2.05) is 6.07 Å². The van der Waals surface area contributed by atoms with Gasteiger partial charge in [0, 0.05) is 30.1 Å². The van der Waals surface area contributed by atoms with Crippen LogP contribution in [0, 0.1) is 5.82 Å². The number of alkyl halides is 1. The molecule has 0 amide bonds. The summed E-state index contributed by atoms with van der Waals surface area (Å²) in [6.45, 7) is 0. The monoisotopic (exact) mass is 319 g/mol. The van der Waals surface area contributed by atoms with Crippen molar-refractivity contribution >= 4 is 40.5 Å². The predicted octanol–water partition coefficient (Wildman–Crippen LogP) is 4.84. The molecule has 1 aromatic rings. The van der Waals surface area contributed by atoms with Gasteiger partial charge in [0.2, 0.25) is 0 Å². The molecule has 2 atom stereocenters. The molecule has 0 fully saturated rings. The van der Waals surface area contributed by atoms with Crippen LogP contribution in [0.4, 0.5) is 10.1 Å². The standard InChI is InChI=1S/C14H13Cl3FN/c1-19(2)14-9(4-3-5-12(14)18)13-10(16)6-8(15)7-11(13)17/h3-7,10,13H,1-2H3. The molecule has 0 spiro atoms. The molecule has 2 unspecified atom stereocenters. The first-order valence-corrected chi connectivity index (χ1v) is 6.95. The largest absolute Gasteiger partial charge is 0.375 e. The molecule has 1 aliphatic carbocycles. The molecule has 1 nitrogen and oxygen atoms in total. The fourth-order valence-electron chi connectivity index (χ4n) is 2.24. The average Bonchev–Trinajstić information content (AvgIpc) is 2.26. The highest BCUT2D eigenvalue weighted by atomic mass is 35.5. The second kappa shape index (κ2) is 5.74. The average molecular weight is 321 g/mol. The van der Waals surface area contributed by atoms with Gasteiger partial charge in [0.25, 0.3) is 0 Å².